The summed E-state index contributed by atoms with van der Waals surface area (Å²) in [4.78, 5) is 21.9. The molecule has 3 aromatic heterocycles. The fourth-order valence-corrected chi connectivity index (χ4v) is 6.57. The number of fused-ring (bicyclic) bond motifs is 2. The zero-order chi connectivity index (χ0) is 27.4. The number of aryl methyl sites for hydroxylation is 1. The summed E-state index contributed by atoms with van der Waals surface area (Å²) in [6.07, 6.45) is 3.68. The zero-order valence-electron chi connectivity index (χ0n) is 21.2. The van der Waals surface area contributed by atoms with Gasteiger partial charge < -0.3 is 25.0 Å². The van der Waals surface area contributed by atoms with E-state index < -0.39 is 17.2 Å². The third-order valence-corrected chi connectivity index (χ3v) is 8.21. The van der Waals surface area contributed by atoms with Gasteiger partial charge in [0.25, 0.3) is 5.89 Å². The highest BCUT2D eigenvalue weighted by Gasteiger charge is 2.66. The van der Waals surface area contributed by atoms with Crippen molar-refractivity contribution in [2.45, 2.75) is 37.2 Å². The first-order chi connectivity index (χ1) is 18.7. The molecule has 3 N–H and O–H groups in total. The molecule has 6 rings (SSSR count). The number of aromatic nitrogens is 5. The Labute approximate surface area is 225 Å². The number of nitrogens with zero attached hydrogens (tertiary/aromatic N) is 6. The van der Waals surface area contributed by atoms with Crippen molar-refractivity contribution >= 4 is 39.5 Å². The van der Waals surface area contributed by atoms with Gasteiger partial charge in [0.15, 0.2) is 35.1 Å². The first-order valence-electron chi connectivity index (χ1n) is 12.0. The van der Waals surface area contributed by atoms with Gasteiger partial charge in [-0.3, -0.25) is 4.99 Å². The lowest BCUT2D eigenvalue weighted by molar-refractivity contribution is 0.184. The summed E-state index contributed by atoms with van der Waals surface area (Å²) in [7, 11) is 1.61. The molecule has 0 amide bonds. The lowest BCUT2D eigenvalue weighted by atomic mass is 9.85. The SMILES string of the molecule is COC[C@]12C[C@H]1[C@](C)(c1cc(Nc3nccc4nc(OCc5nc(C)no5)cnc34)cc(F)c1F)N=C(N)S2. The van der Waals surface area contributed by atoms with Crippen molar-refractivity contribution in [3.63, 3.8) is 0 Å². The van der Waals surface area contributed by atoms with Crippen molar-refractivity contribution in [3.8, 4) is 5.88 Å². The minimum absolute atomic E-state index is 0.0335. The van der Waals surface area contributed by atoms with Crippen LogP contribution in [0, 0.1) is 24.5 Å². The summed E-state index contributed by atoms with van der Waals surface area (Å²) in [6.45, 7) is 3.96. The molecule has 1 aromatic carbocycles. The van der Waals surface area contributed by atoms with Gasteiger partial charge >= 0.3 is 0 Å². The molecule has 0 radical (unpaired) electrons. The molecule has 1 aliphatic carbocycles. The van der Waals surface area contributed by atoms with Crippen LogP contribution in [0.2, 0.25) is 0 Å². The molecule has 4 aromatic rings. The van der Waals surface area contributed by atoms with E-state index in [9.17, 15) is 4.39 Å². The van der Waals surface area contributed by atoms with Crippen molar-refractivity contribution < 1.29 is 22.8 Å². The number of hydrogen-bond donors (Lipinski definition) is 2. The van der Waals surface area contributed by atoms with Crippen molar-refractivity contribution in [3.05, 3.63) is 59.5 Å². The number of nitrogens with one attached hydrogen (secondary N) is 1. The Morgan fingerprint density at radius 3 is 2.87 bits per heavy atom. The molecule has 4 heterocycles. The molecule has 0 saturated heterocycles. The van der Waals surface area contributed by atoms with Gasteiger partial charge in [-0.2, -0.15) is 4.98 Å². The summed E-state index contributed by atoms with van der Waals surface area (Å²) in [5.41, 5.74) is 6.35. The monoisotopic (exact) mass is 554 g/mol. The van der Waals surface area contributed by atoms with Crippen molar-refractivity contribution in [2.24, 2.45) is 16.6 Å². The summed E-state index contributed by atoms with van der Waals surface area (Å²) in [5, 5.41) is 7.10. The number of methoxy groups -OCH3 is 1. The highest BCUT2D eigenvalue weighted by molar-refractivity contribution is 8.15. The van der Waals surface area contributed by atoms with Gasteiger partial charge in [0.05, 0.1) is 28.6 Å². The summed E-state index contributed by atoms with van der Waals surface area (Å²) < 4.78 is 45.9. The number of hydrogen-bond acceptors (Lipinski definition) is 12. The lowest BCUT2D eigenvalue weighted by Crippen LogP contribution is -2.37. The molecule has 3 atom stereocenters. The first kappa shape index (κ1) is 25.4. The Morgan fingerprint density at radius 1 is 1.26 bits per heavy atom. The van der Waals surface area contributed by atoms with E-state index in [4.69, 9.17) is 19.7 Å². The van der Waals surface area contributed by atoms with Crippen LogP contribution in [0.3, 0.4) is 0 Å². The molecule has 2 aliphatic rings. The Hall–Kier alpha value is -3.91. The first-order valence-corrected chi connectivity index (χ1v) is 12.9. The number of nitrogens with two attached hydrogens (primary N) is 1. The minimum Gasteiger partial charge on any atom is -0.466 e. The van der Waals surface area contributed by atoms with E-state index >= 15 is 4.39 Å². The number of halogens is 2. The van der Waals surface area contributed by atoms with Crippen LogP contribution in [0.15, 0.2) is 40.1 Å². The van der Waals surface area contributed by atoms with Crippen molar-refractivity contribution in [1.29, 1.82) is 0 Å². The van der Waals surface area contributed by atoms with Crippen molar-refractivity contribution in [1.82, 2.24) is 25.1 Å². The van der Waals surface area contributed by atoms with E-state index in [-0.39, 0.29) is 34.4 Å². The quantitative estimate of drug-likeness (QED) is 0.326. The number of amidine groups is 1. The Kier molecular flexibility index (Phi) is 6.10. The second-order valence-electron chi connectivity index (χ2n) is 9.66. The molecular weight excluding hydrogens is 530 g/mol. The molecule has 0 unspecified atom stereocenters. The number of anilines is 2. The number of thioether (sulfide) groups is 1. The van der Waals surface area contributed by atoms with Gasteiger partial charge in [0.2, 0.25) is 5.88 Å². The molecule has 0 spiro atoms. The number of pyridine rings is 1. The molecule has 1 fully saturated rings. The van der Waals surface area contributed by atoms with Gasteiger partial charge in [0, 0.05) is 36.5 Å². The maximum atomic E-state index is 15.3. The highest BCUT2D eigenvalue weighted by atomic mass is 32.2. The summed E-state index contributed by atoms with van der Waals surface area (Å²) >= 11 is 1.43. The number of rotatable bonds is 8. The van der Waals surface area contributed by atoms with E-state index in [0.717, 1.165) is 12.5 Å². The highest BCUT2D eigenvalue weighted by Crippen LogP contribution is 2.66. The number of benzene rings is 1. The van der Waals surface area contributed by atoms with E-state index in [1.807, 2.05) is 0 Å². The predicted molar refractivity (Wildman–Crippen MR) is 140 cm³/mol. The molecule has 1 saturated carbocycles. The van der Waals surface area contributed by atoms with E-state index in [2.05, 4.69) is 35.4 Å². The van der Waals surface area contributed by atoms with E-state index in [0.29, 0.717) is 40.3 Å². The molecule has 14 heteroatoms. The van der Waals surface area contributed by atoms with Crippen molar-refractivity contribution in [2.75, 3.05) is 19.0 Å². The van der Waals surface area contributed by atoms with Crippen LogP contribution in [0.1, 0.15) is 30.6 Å². The van der Waals surface area contributed by atoms with Gasteiger partial charge in [-0.1, -0.05) is 16.9 Å². The summed E-state index contributed by atoms with van der Waals surface area (Å²) in [5.74, 6) is -0.687. The van der Waals surface area contributed by atoms with E-state index in [1.54, 1.807) is 33.1 Å². The molecular formula is C25H24F2N8O3S. The Morgan fingerprint density at radius 2 is 2.10 bits per heavy atom. The second-order valence-corrected chi connectivity index (χ2v) is 11.1. The average molecular weight is 555 g/mol. The van der Waals surface area contributed by atoms with Crippen LogP contribution < -0.4 is 15.8 Å². The molecule has 202 valence electrons. The van der Waals surface area contributed by atoms with Crippen LogP contribution in [0.25, 0.3) is 11.0 Å². The molecule has 11 nitrogen and oxygen atoms in total. The Balaban J connectivity index is 1.30. The van der Waals surface area contributed by atoms with Crippen LogP contribution in [-0.4, -0.2) is 48.7 Å². The Bertz CT molecular complexity index is 1620. The second kappa shape index (κ2) is 9.38. The summed E-state index contributed by atoms with van der Waals surface area (Å²) in [6, 6.07) is 4.27. The lowest BCUT2D eigenvalue weighted by Gasteiger charge is -2.34. The smallest absolute Gasteiger partial charge is 0.264 e. The fourth-order valence-electron chi connectivity index (χ4n) is 5.12. The topological polar surface area (TPSA) is 146 Å². The van der Waals surface area contributed by atoms with Gasteiger partial charge in [-0.25, -0.2) is 23.7 Å². The largest absolute Gasteiger partial charge is 0.466 e. The van der Waals surface area contributed by atoms with Crippen LogP contribution in [0.4, 0.5) is 20.3 Å². The maximum Gasteiger partial charge on any atom is 0.264 e. The average Bonchev–Trinajstić information content (AvgIpc) is 3.47. The normalized spacial score (nSPS) is 23.8. The van der Waals surface area contributed by atoms with Crippen LogP contribution >= 0.6 is 11.8 Å². The molecule has 0 bridgehead atoms. The fraction of sp³-hybridized carbons (Fsp3) is 0.360. The minimum atomic E-state index is -1.06. The third kappa shape index (κ3) is 4.52. The number of ether oxygens (including phenoxy) is 2. The molecule has 1 aliphatic heterocycles. The van der Waals surface area contributed by atoms with Crippen LogP contribution in [0.5, 0.6) is 5.88 Å². The van der Waals surface area contributed by atoms with Gasteiger partial charge in [0.1, 0.15) is 5.52 Å². The standard InChI is InChI=1S/C25H24F2N8O3S/c1-12-31-19(38-35-12)10-37-18-9-30-21-16(33-18)4-5-29-22(21)32-13-6-14(20(27)15(26)7-13)24(2)17-8-25(17,11-36-3)39-23(28)34-24/h4-7,9,17H,8,10-11H2,1-3H3,(H2,28,34)(H,29,32)/t17-,24-,25+/m0/s1. The van der Waals surface area contributed by atoms with E-state index in [1.165, 1.54) is 24.2 Å². The van der Waals surface area contributed by atoms with Gasteiger partial charge in [-0.05, 0) is 32.4 Å². The number of aliphatic imine (C=N–C) groups is 1. The predicted octanol–water partition coefficient (Wildman–Crippen LogP) is 4.00. The third-order valence-electron chi connectivity index (χ3n) is 6.93. The van der Waals surface area contributed by atoms with Gasteiger partial charge in [-0.15, -0.1) is 0 Å². The maximum absolute atomic E-state index is 15.3. The zero-order valence-corrected chi connectivity index (χ0v) is 22.1. The molecule has 39 heavy (non-hydrogen) atoms. The van der Waals surface area contributed by atoms with Crippen LogP contribution in [-0.2, 0) is 16.9 Å².